The van der Waals surface area contributed by atoms with Crippen LogP contribution in [0.15, 0.2) is 10.7 Å². The van der Waals surface area contributed by atoms with E-state index in [0.717, 1.165) is 6.20 Å². The smallest absolute Gasteiger partial charge is 0.266 e. The van der Waals surface area contributed by atoms with Crippen molar-refractivity contribution in [1.82, 2.24) is 4.98 Å². The van der Waals surface area contributed by atoms with Crippen molar-refractivity contribution < 1.29 is 13.6 Å². The van der Waals surface area contributed by atoms with Gasteiger partial charge in [0.15, 0.2) is 0 Å². The number of hydrogen-bond acceptors (Lipinski definition) is 2. The van der Waals surface area contributed by atoms with Crippen LogP contribution in [0.5, 0.6) is 0 Å². The van der Waals surface area contributed by atoms with Crippen LogP contribution < -0.4 is 5.73 Å². The van der Waals surface area contributed by atoms with Crippen LogP contribution in [0.4, 0.5) is 8.78 Å². The van der Waals surface area contributed by atoms with Gasteiger partial charge in [0.1, 0.15) is 0 Å². The molecule has 0 aromatic carbocycles. The Morgan fingerprint density at radius 1 is 1.64 bits per heavy atom. The third kappa shape index (κ3) is 1.89. The summed E-state index contributed by atoms with van der Waals surface area (Å²) in [6.07, 6.45) is -1.66. The molecule has 0 aliphatic carbocycles. The lowest BCUT2D eigenvalue weighted by Gasteiger charge is -2.08. The topological polar surface area (TPSA) is 56.0 Å². The SMILES string of the molecule is Cc1ncc(C(F)F)c(Br)c1C(N)=O. The van der Waals surface area contributed by atoms with Gasteiger partial charge in [-0.15, -0.1) is 0 Å². The number of amides is 1. The zero-order valence-corrected chi connectivity index (χ0v) is 8.81. The van der Waals surface area contributed by atoms with Crippen molar-refractivity contribution in [1.29, 1.82) is 0 Å². The average molecular weight is 265 g/mol. The maximum Gasteiger partial charge on any atom is 0.266 e. The van der Waals surface area contributed by atoms with Crippen molar-refractivity contribution in [3.8, 4) is 0 Å². The summed E-state index contributed by atoms with van der Waals surface area (Å²) < 4.78 is 24.8. The molecule has 0 atom stereocenters. The number of hydrogen-bond donors (Lipinski definition) is 1. The lowest BCUT2D eigenvalue weighted by Crippen LogP contribution is -2.15. The number of primary amides is 1. The van der Waals surface area contributed by atoms with Gasteiger partial charge in [-0.3, -0.25) is 9.78 Å². The molecule has 1 aromatic heterocycles. The Balaban J connectivity index is 3.41. The van der Waals surface area contributed by atoms with Crippen LogP contribution in [0.25, 0.3) is 0 Å². The van der Waals surface area contributed by atoms with Crippen molar-refractivity contribution >= 4 is 21.8 Å². The van der Waals surface area contributed by atoms with E-state index in [1.807, 2.05) is 0 Å². The maximum atomic E-state index is 12.4. The number of nitrogens with zero attached hydrogens (tertiary/aromatic N) is 1. The quantitative estimate of drug-likeness (QED) is 0.891. The summed E-state index contributed by atoms with van der Waals surface area (Å²) in [6.45, 7) is 1.53. The molecule has 0 saturated heterocycles. The van der Waals surface area contributed by atoms with Gasteiger partial charge in [-0.25, -0.2) is 8.78 Å². The van der Waals surface area contributed by atoms with Gasteiger partial charge in [-0.2, -0.15) is 0 Å². The third-order valence-electron chi connectivity index (χ3n) is 1.71. The van der Waals surface area contributed by atoms with Crippen LogP contribution in [0.3, 0.4) is 0 Å². The second-order valence-electron chi connectivity index (χ2n) is 2.65. The van der Waals surface area contributed by atoms with Crippen LogP contribution in [0.1, 0.15) is 28.0 Å². The van der Waals surface area contributed by atoms with E-state index in [1.54, 1.807) is 0 Å². The van der Waals surface area contributed by atoms with Crippen molar-refractivity contribution in [2.45, 2.75) is 13.3 Å². The first-order valence-corrected chi connectivity index (χ1v) is 4.47. The molecule has 0 spiro atoms. The molecule has 0 aliphatic rings. The van der Waals surface area contributed by atoms with Crippen molar-refractivity contribution in [2.75, 3.05) is 0 Å². The molecular formula is C8H7BrF2N2O. The van der Waals surface area contributed by atoms with E-state index in [0.29, 0.717) is 5.69 Å². The number of carbonyl (C=O) groups excluding carboxylic acids is 1. The van der Waals surface area contributed by atoms with Gasteiger partial charge in [0.2, 0.25) is 0 Å². The third-order valence-corrected chi connectivity index (χ3v) is 2.57. The number of aromatic nitrogens is 1. The molecule has 2 N–H and O–H groups in total. The first kappa shape index (κ1) is 11.0. The molecule has 0 unspecified atom stereocenters. The molecule has 0 fully saturated rings. The molecule has 1 amide bonds. The monoisotopic (exact) mass is 264 g/mol. The standard InChI is InChI=1S/C8H7BrF2N2O/c1-3-5(8(12)14)6(9)4(2-13-3)7(10)11/h2,7H,1H3,(H2,12,14). The predicted octanol–water partition coefficient (Wildman–Crippen LogP) is 2.19. The molecule has 0 radical (unpaired) electrons. The Labute approximate surface area is 87.4 Å². The van der Waals surface area contributed by atoms with E-state index in [9.17, 15) is 13.6 Å². The van der Waals surface area contributed by atoms with Gasteiger partial charge in [0, 0.05) is 10.7 Å². The highest BCUT2D eigenvalue weighted by Crippen LogP contribution is 2.30. The Bertz CT molecular complexity index is 382. The molecular weight excluding hydrogens is 258 g/mol. The molecule has 1 rings (SSSR count). The minimum absolute atomic E-state index is 0.00259. The number of aryl methyl sites for hydroxylation is 1. The maximum absolute atomic E-state index is 12.4. The molecule has 3 nitrogen and oxygen atoms in total. The lowest BCUT2D eigenvalue weighted by atomic mass is 10.1. The first-order chi connectivity index (χ1) is 6.45. The highest BCUT2D eigenvalue weighted by Gasteiger charge is 2.19. The zero-order chi connectivity index (χ0) is 10.9. The van der Waals surface area contributed by atoms with Gasteiger partial charge < -0.3 is 5.73 Å². The molecule has 0 saturated carbocycles. The van der Waals surface area contributed by atoms with Crippen LogP contribution >= 0.6 is 15.9 Å². The van der Waals surface area contributed by atoms with Gasteiger partial charge in [0.25, 0.3) is 12.3 Å². The molecule has 1 heterocycles. The fraction of sp³-hybridized carbons (Fsp3) is 0.250. The van der Waals surface area contributed by atoms with Gasteiger partial charge in [0.05, 0.1) is 16.8 Å². The van der Waals surface area contributed by atoms with Crippen LogP contribution in [-0.4, -0.2) is 10.9 Å². The summed E-state index contributed by atoms with van der Waals surface area (Å²) >= 11 is 2.91. The highest BCUT2D eigenvalue weighted by molar-refractivity contribution is 9.10. The van der Waals surface area contributed by atoms with Crippen LogP contribution in [-0.2, 0) is 0 Å². The van der Waals surface area contributed by atoms with Crippen molar-refractivity contribution in [3.63, 3.8) is 0 Å². The minimum atomic E-state index is -2.68. The average Bonchev–Trinajstić information content (AvgIpc) is 2.02. The van der Waals surface area contributed by atoms with Crippen molar-refractivity contribution in [3.05, 3.63) is 27.5 Å². The zero-order valence-electron chi connectivity index (χ0n) is 7.22. The number of pyridine rings is 1. The fourth-order valence-corrected chi connectivity index (χ4v) is 1.79. The second kappa shape index (κ2) is 4.00. The van der Waals surface area contributed by atoms with Crippen LogP contribution in [0.2, 0.25) is 0 Å². The summed E-state index contributed by atoms with van der Waals surface area (Å²) in [4.78, 5) is 14.6. The number of carbonyl (C=O) groups is 1. The Morgan fingerprint density at radius 2 is 2.21 bits per heavy atom. The summed E-state index contributed by atoms with van der Waals surface area (Å²) in [7, 11) is 0. The number of alkyl halides is 2. The van der Waals surface area contributed by atoms with E-state index >= 15 is 0 Å². The van der Waals surface area contributed by atoms with Gasteiger partial charge in [-0.1, -0.05) is 0 Å². The number of rotatable bonds is 2. The molecule has 14 heavy (non-hydrogen) atoms. The second-order valence-corrected chi connectivity index (χ2v) is 3.45. The molecule has 1 aromatic rings. The lowest BCUT2D eigenvalue weighted by molar-refractivity contribution is 0.0997. The Morgan fingerprint density at radius 3 is 2.64 bits per heavy atom. The number of halogens is 3. The summed E-state index contributed by atoms with van der Waals surface area (Å²) in [6, 6.07) is 0. The van der Waals surface area contributed by atoms with E-state index in [-0.39, 0.29) is 15.6 Å². The normalized spacial score (nSPS) is 10.6. The molecule has 0 bridgehead atoms. The Kier molecular flexibility index (Phi) is 3.15. The Hall–Kier alpha value is -1.04. The predicted molar refractivity (Wildman–Crippen MR) is 50.1 cm³/mol. The van der Waals surface area contributed by atoms with E-state index in [2.05, 4.69) is 20.9 Å². The van der Waals surface area contributed by atoms with E-state index < -0.39 is 12.3 Å². The molecule has 0 aliphatic heterocycles. The van der Waals surface area contributed by atoms with Gasteiger partial charge in [-0.05, 0) is 22.9 Å². The minimum Gasteiger partial charge on any atom is -0.366 e. The largest absolute Gasteiger partial charge is 0.366 e. The molecule has 76 valence electrons. The fourth-order valence-electron chi connectivity index (χ4n) is 1.03. The van der Waals surface area contributed by atoms with E-state index in [4.69, 9.17) is 5.73 Å². The summed E-state index contributed by atoms with van der Waals surface area (Å²) in [5, 5.41) is 0. The summed E-state index contributed by atoms with van der Waals surface area (Å²) in [5.74, 6) is -0.774. The summed E-state index contributed by atoms with van der Waals surface area (Å²) in [5.41, 5.74) is 5.03. The highest BCUT2D eigenvalue weighted by atomic mass is 79.9. The van der Waals surface area contributed by atoms with Gasteiger partial charge >= 0.3 is 0 Å². The van der Waals surface area contributed by atoms with E-state index in [1.165, 1.54) is 6.92 Å². The number of nitrogens with two attached hydrogens (primary N) is 1. The first-order valence-electron chi connectivity index (χ1n) is 3.68. The van der Waals surface area contributed by atoms with Crippen molar-refractivity contribution in [2.24, 2.45) is 5.73 Å². The van der Waals surface area contributed by atoms with Crippen LogP contribution in [0, 0.1) is 6.92 Å². The molecule has 6 heteroatoms.